The number of carbonyl (C=O) groups is 2. The zero-order valence-electron chi connectivity index (χ0n) is 10.9. The number of rotatable bonds is 4. The van der Waals surface area contributed by atoms with E-state index in [9.17, 15) is 9.59 Å². The van der Waals surface area contributed by atoms with E-state index in [1.54, 1.807) is 24.3 Å². The molecule has 0 aromatic heterocycles. The number of benzene rings is 2. The summed E-state index contributed by atoms with van der Waals surface area (Å²) in [6.45, 7) is 0. The van der Waals surface area contributed by atoms with E-state index in [2.05, 4.69) is 5.32 Å². The number of nitrogens with two attached hydrogens (primary N) is 1. The molecule has 1 atom stereocenters. The van der Waals surface area contributed by atoms with Crippen LogP contribution in [-0.4, -0.2) is 17.0 Å². The smallest absolute Gasteiger partial charge is 0.335 e. The molecule has 0 spiro atoms. The van der Waals surface area contributed by atoms with E-state index in [4.69, 9.17) is 22.4 Å². The molecule has 21 heavy (non-hydrogen) atoms. The molecule has 0 saturated carbocycles. The number of anilines is 1. The zero-order valence-corrected chi connectivity index (χ0v) is 11.7. The Balaban J connectivity index is 2.15. The highest BCUT2D eigenvalue weighted by atomic mass is 35.5. The van der Waals surface area contributed by atoms with Crippen molar-refractivity contribution in [2.75, 3.05) is 5.32 Å². The minimum absolute atomic E-state index is 0.0466. The normalized spacial score (nSPS) is 11.7. The Kier molecular flexibility index (Phi) is 4.57. The van der Waals surface area contributed by atoms with Gasteiger partial charge in [0.05, 0.1) is 16.3 Å². The molecule has 0 aliphatic carbocycles. The highest BCUT2D eigenvalue weighted by Gasteiger charge is 2.17. The van der Waals surface area contributed by atoms with Gasteiger partial charge in [0.15, 0.2) is 0 Å². The molecule has 0 aliphatic rings. The molecule has 1 amide bonds. The van der Waals surface area contributed by atoms with Gasteiger partial charge in [0, 0.05) is 0 Å². The molecular weight excluding hydrogens is 292 g/mol. The first-order valence-corrected chi connectivity index (χ1v) is 6.51. The van der Waals surface area contributed by atoms with E-state index in [-0.39, 0.29) is 10.6 Å². The van der Waals surface area contributed by atoms with Crippen LogP contribution in [-0.2, 0) is 4.79 Å². The summed E-state index contributed by atoms with van der Waals surface area (Å²) < 4.78 is 0. The highest BCUT2D eigenvalue weighted by molar-refractivity contribution is 6.34. The van der Waals surface area contributed by atoms with Crippen molar-refractivity contribution >= 4 is 29.2 Å². The first-order valence-electron chi connectivity index (χ1n) is 6.13. The molecule has 0 saturated heterocycles. The van der Waals surface area contributed by atoms with E-state index < -0.39 is 17.9 Å². The molecule has 5 nitrogen and oxygen atoms in total. The Labute approximate surface area is 126 Å². The molecule has 2 aromatic rings. The second-order valence-corrected chi connectivity index (χ2v) is 4.78. The van der Waals surface area contributed by atoms with Crippen LogP contribution in [0.3, 0.4) is 0 Å². The Morgan fingerprint density at radius 3 is 2.38 bits per heavy atom. The van der Waals surface area contributed by atoms with Crippen LogP contribution in [0.25, 0.3) is 0 Å². The molecule has 4 N–H and O–H groups in total. The number of hydrogen-bond acceptors (Lipinski definition) is 3. The lowest BCUT2D eigenvalue weighted by Crippen LogP contribution is -2.27. The Hall–Kier alpha value is -2.37. The average molecular weight is 305 g/mol. The summed E-state index contributed by atoms with van der Waals surface area (Å²) in [6.07, 6.45) is 0. The minimum atomic E-state index is -1.09. The van der Waals surface area contributed by atoms with Crippen molar-refractivity contribution in [3.8, 4) is 0 Å². The van der Waals surface area contributed by atoms with E-state index in [1.807, 2.05) is 6.07 Å². The number of amides is 1. The standard InChI is InChI=1S/C15H13ClN2O3/c16-11-8-10(15(20)21)6-7-12(11)18-14(19)13(17)9-4-2-1-3-5-9/h1-8,13H,17H2,(H,18,19)(H,20,21)/t13-/m0/s1. The first kappa shape index (κ1) is 15.0. The maximum absolute atomic E-state index is 12.1. The predicted octanol–water partition coefficient (Wildman–Crippen LogP) is 2.68. The largest absolute Gasteiger partial charge is 0.478 e. The van der Waals surface area contributed by atoms with E-state index in [0.717, 1.165) is 0 Å². The fourth-order valence-corrected chi connectivity index (χ4v) is 2.00. The van der Waals surface area contributed by atoms with Gasteiger partial charge >= 0.3 is 5.97 Å². The number of carbonyl (C=O) groups excluding carboxylic acids is 1. The maximum atomic E-state index is 12.1. The molecule has 0 aliphatic heterocycles. The van der Waals surface area contributed by atoms with Gasteiger partial charge in [0.2, 0.25) is 5.91 Å². The van der Waals surface area contributed by atoms with Gasteiger partial charge in [-0.1, -0.05) is 41.9 Å². The summed E-state index contributed by atoms with van der Waals surface area (Å²) in [5.74, 6) is -1.51. The molecule has 6 heteroatoms. The number of nitrogens with one attached hydrogen (secondary N) is 1. The van der Waals surface area contributed by atoms with Gasteiger partial charge < -0.3 is 16.2 Å². The molecule has 2 rings (SSSR count). The summed E-state index contributed by atoms with van der Waals surface area (Å²) in [7, 11) is 0. The molecule has 0 heterocycles. The third-order valence-electron chi connectivity index (χ3n) is 2.92. The van der Waals surface area contributed by atoms with Crippen molar-refractivity contribution in [1.29, 1.82) is 0 Å². The lowest BCUT2D eigenvalue weighted by molar-refractivity contribution is -0.117. The Bertz CT molecular complexity index is 674. The lowest BCUT2D eigenvalue weighted by atomic mass is 10.1. The zero-order chi connectivity index (χ0) is 15.4. The van der Waals surface area contributed by atoms with Crippen LogP contribution in [0.1, 0.15) is 22.0 Å². The molecule has 0 fully saturated rings. The number of hydrogen-bond donors (Lipinski definition) is 3. The third kappa shape index (κ3) is 3.59. The Morgan fingerprint density at radius 2 is 1.81 bits per heavy atom. The van der Waals surface area contributed by atoms with Gasteiger partial charge in [-0.2, -0.15) is 0 Å². The van der Waals surface area contributed by atoms with Gasteiger partial charge in [-0.25, -0.2) is 4.79 Å². The summed E-state index contributed by atoms with van der Waals surface area (Å²) >= 11 is 5.95. The summed E-state index contributed by atoms with van der Waals surface area (Å²) in [4.78, 5) is 22.9. The van der Waals surface area contributed by atoms with E-state index >= 15 is 0 Å². The SMILES string of the molecule is N[C@H](C(=O)Nc1ccc(C(=O)O)cc1Cl)c1ccccc1. The Morgan fingerprint density at radius 1 is 1.14 bits per heavy atom. The summed E-state index contributed by atoms with van der Waals surface area (Å²) in [5.41, 5.74) is 6.90. The van der Waals surface area contributed by atoms with Crippen LogP contribution in [0.4, 0.5) is 5.69 Å². The molecular formula is C15H13ClN2O3. The van der Waals surface area contributed by atoms with Crippen molar-refractivity contribution in [2.24, 2.45) is 5.73 Å². The number of aromatic carboxylic acids is 1. The molecule has 2 aromatic carbocycles. The number of carboxylic acids is 1. The quantitative estimate of drug-likeness (QED) is 0.809. The average Bonchev–Trinajstić information content (AvgIpc) is 2.49. The van der Waals surface area contributed by atoms with Crippen LogP contribution in [0, 0.1) is 0 Å². The molecule has 108 valence electrons. The number of halogens is 1. The molecule has 0 bridgehead atoms. The van der Waals surface area contributed by atoms with Gasteiger partial charge in [-0.05, 0) is 23.8 Å². The van der Waals surface area contributed by atoms with Crippen LogP contribution in [0.15, 0.2) is 48.5 Å². The van der Waals surface area contributed by atoms with Crippen molar-refractivity contribution < 1.29 is 14.7 Å². The summed E-state index contributed by atoms with van der Waals surface area (Å²) in [6, 6.07) is 12.1. The second-order valence-electron chi connectivity index (χ2n) is 4.38. The molecule has 0 unspecified atom stereocenters. The maximum Gasteiger partial charge on any atom is 0.335 e. The van der Waals surface area contributed by atoms with Crippen molar-refractivity contribution in [1.82, 2.24) is 0 Å². The summed E-state index contributed by atoms with van der Waals surface area (Å²) in [5, 5.41) is 11.6. The lowest BCUT2D eigenvalue weighted by Gasteiger charge is -2.13. The van der Waals surface area contributed by atoms with Crippen LogP contribution < -0.4 is 11.1 Å². The second kappa shape index (κ2) is 6.39. The third-order valence-corrected chi connectivity index (χ3v) is 3.23. The van der Waals surface area contributed by atoms with E-state index in [1.165, 1.54) is 18.2 Å². The topological polar surface area (TPSA) is 92.4 Å². The van der Waals surface area contributed by atoms with Crippen LogP contribution in [0.5, 0.6) is 0 Å². The first-order chi connectivity index (χ1) is 9.99. The minimum Gasteiger partial charge on any atom is -0.478 e. The van der Waals surface area contributed by atoms with Gasteiger partial charge in [-0.3, -0.25) is 4.79 Å². The fourth-order valence-electron chi connectivity index (χ4n) is 1.77. The van der Waals surface area contributed by atoms with Crippen molar-refractivity contribution in [3.05, 3.63) is 64.7 Å². The number of carboxylic acid groups (broad SMARTS) is 1. The van der Waals surface area contributed by atoms with Crippen molar-refractivity contribution in [2.45, 2.75) is 6.04 Å². The van der Waals surface area contributed by atoms with E-state index in [0.29, 0.717) is 11.3 Å². The van der Waals surface area contributed by atoms with Gasteiger partial charge in [0.25, 0.3) is 0 Å². The van der Waals surface area contributed by atoms with Crippen LogP contribution >= 0.6 is 11.6 Å². The highest BCUT2D eigenvalue weighted by Crippen LogP contribution is 2.24. The van der Waals surface area contributed by atoms with Crippen LogP contribution in [0.2, 0.25) is 5.02 Å². The monoisotopic (exact) mass is 304 g/mol. The fraction of sp³-hybridized carbons (Fsp3) is 0.0667. The van der Waals surface area contributed by atoms with Gasteiger partial charge in [-0.15, -0.1) is 0 Å². The molecule has 0 radical (unpaired) electrons. The predicted molar refractivity (Wildman–Crippen MR) is 80.4 cm³/mol. The van der Waals surface area contributed by atoms with Gasteiger partial charge in [0.1, 0.15) is 6.04 Å². The van der Waals surface area contributed by atoms with Crippen molar-refractivity contribution in [3.63, 3.8) is 0 Å².